The monoisotopic (exact) mass is 289 g/mol. The number of rotatable bonds is 5. The van der Waals surface area contributed by atoms with Gasteiger partial charge in [-0.15, -0.1) is 0 Å². The van der Waals surface area contributed by atoms with Crippen LogP contribution in [-0.2, 0) is 4.74 Å². The van der Waals surface area contributed by atoms with Crippen LogP contribution in [0.25, 0.3) is 0 Å². The number of benzene rings is 1. The largest absolute Gasteiger partial charge is 0.462 e. The third-order valence-corrected chi connectivity index (χ3v) is 2.98. The first-order valence-corrected chi connectivity index (χ1v) is 6.77. The highest BCUT2D eigenvalue weighted by molar-refractivity contribution is 5.98. The van der Waals surface area contributed by atoms with Crippen molar-refractivity contribution < 1.29 is 13.9 Å². The summed E-state index contributed by atoms with van der Waals surface area (Å²) in [6.45, 7) is 5.80. The Balaban J connectivity index is 2.20. The van der Waals surface area contributed by atoms with Crippen molar-refractivity contribution in [3.05, 3.63) is 41.6 Å². The Morgan fingerprint density at radius 1 is 1.52 bits per heavy atom. The molecule has 0 bridgehead atoms. The van der Waals surface area contributed by atoms with Crippen molar-refractivity contribution in [3.8, 4) is 0 Å². The van der Waals surface area contributed by atoms with Crippen molar-refractivity contribution in [2.75, 3.05) is 17.7 Å². The number of para-hydroxylation sites is 1. The first-order chi connectivity index (χ1) is 10.0. The fraction of sp³-hybridized carbons (Fsp3) is 0.333. The highest BCUT2D eigenvalue weighted by atomic mass is 16.5. The van der Waals surface area contributed by atoms with Gasteiger partial charge in [0, 0.05) is 0 Å². The maximum Gasteiger partial charge on any atom is 0.340 e. The zero-order valence-corrected chi connectivity index (χ0v) is 12.3. The van der Waals surface area contributed by atoms with E-state index in [1.165, 1.54) is 0 Å². The van der Waals surface area contributed by atoms with E-state index >= 15 is 0 Å². The molecule has 0 aliphatic rings. The Hall–Kier alpha value is -2.50. The first kappa shape index (κ1) is 14.9. The van der Waals surface area contributed by atoms with Gasteiger partial charge >= 0.3 is 5.97 Å². The standard InChI is InChI=1S/C15H19N3O3/c1-4-20-15(19)11-6-5-7-12(13(11)16)18-10(3)14-17-8-9(2)21-14/h5-8,10,18H,4,16H2,1-3H3. The predicted octanol–water partition coefficient (Wildman–Crippen LogP) is 2.92. The van der Waals surface area contributed by atoms with Crippen molar-refractivity contribution >= 4 is 17.3 Å². The Morgan fingerprint density at radius 3 is 2.90 bits per heavy atom. The first-order valence-electron chi connectivity index (χ1n) is 6.77. The second-order valence-electron chi connectivity index (χ2n) is 4.66. The molecule has 0 fully saturated rings. The van der Waals surface area contributed by atoms with Crippen molar-refractivity contribution in [2.24, 2.45) is 0 Å². The van der Waals surface area contributed by atoms with E-state index in [9.17, 15) is 4.79 Å². The molecule has 0 spiro atoms. The Labute approximate surface area is 123 Å². The molecule has 1 atom stereocenters. The average molecular weight is 289 g/mol. The molecule has 21 heavy (non-hydrogen) atoms. The number of anilines is 2. The van der Waals surface area contributed by atoms with Gasteiger partial charge in [0.1, 0.15) is 11.8 Å². The second kappa shape index (κ2) is 6.30. The molecule has 1 unspecified atom stereocenters. The maximum absolute atomic E-state index is 11.8. The summed E-state index contributed by atoms with van der Waals surface area (Å²) in [6, 6.07) is 5.01. The Kier molecular flexibility index (Phi) is 4.47. The Bertz CT molecular complexity index is 637. The van der Waals surface area contributed by atoms with Crippen LogP contribution in [0.3, 0.4) is 0 Å². The van der Waals surface area contributed by atoms with E-state index in [1.54, 1.807) is 31.3 Å². The zero-order chi connectivity index (χ0) is 15.4. The van der Waals surface area contributed by atoms with E-state index in [0.717, 1.165) is 5.76 Å². The molecule has 2 aromatic rings. The van der Waals surface area contributed by atoms with Crippen LogP contribution in [0.15, 0.2) is 28.8 Å². The van der Waals surface area contributed by atoms with Crippen LogP contribution in [-0.4, -0.2) is 17.6 Å². The number of nitrogens with two attached hydrogens (primary N) is 1. The van der Waals surface area contributed by atoms with E-state index in [2.05, 4.69) is 10.3 Å². The summed E-state index contributed by atoms with van der Waals surface area (Å²) in [7, 11) is 0. The SMILES string of the molecule is CCOC(=O)c1cccc(NC(C)c2ncc(C)o2)c1N. The van der Waals surface area contributed by atoms with Gasteiger partial charge in [-0.05, 0) is 32.9 Å². The second-order valence-corrected chi connectivity index (χ2v) is 4.66. The molecule has 6 heteroatoms. The number of ether oxygens (including phenoxy) is 1. The van der Waals surface area contributed by atoms with Crippen LogP contribution in [0.1, 0.15) is 41.9 Å². The summed E-state index contributed by atoms with van der Waals surface area (Å²) >= 11 is 0. The molecule has 0 aliphatic heterocycles. The van der Waals surface area contributed by atoms with E-state index < -0.39 is 5.97 Å². The van der Waals surface area contributed by atoms with Gasteiger partial charge in [0.05, 0.1) is 29.7 Å². The van der Waals surface area contributed by atoms with Crippen molar-refractivity contribution in [2.45, 2.75) is 26.8 Å². The Morgan fingerprint density at radius 2 is 2.29 bits per heavy atom. The molecule has 0 aliphatic carbocycles. The van der Waals surface area contributed by atoms with E-state index in [0.29, 0.717) is 29.4 Å². The number of oxazole rings is 1. The summed E-state index contributed by atoms with van der Waals surface area (Å²) in [5.41, 5.74) is 7.37. The number of aryl methyl sites for hydroxylation is 1. The molecule has 0 saturated carbocycles. The topological polar surface area (TPSA) is 90.4 Å². The molecule has 0 radical (unpaired) electrons. The lowest BCUT2D eigenvalue weighted by molar-refractivity contribution is 0.0527. The van der Waals surface area contributed by atoms with Gasteiger partial charge in [0.15, 0.2) is 0 Å². The van der Waals surface area contributed by atoms with Crippen molar-refractivity contribution in [1.82, 2.24) is 4.98 Å². The van der Waals surface area contributed by atoms with Crippen LogP contribution in [0.4, 0.5) is 11.4 Å². The minimum absolute atomic E-state index is 0.168. The lowest BCUT2D eigenvalue weighted by atomic mass is 10.1. The van der Waals surface area contributed by atoms with Crippen LogP contribution in [0.5, 0.6) is 0 Å². The van der Waals surface area contributed by atoms with E-state index in [-0.39, 0.29) is 6.04 Å². The molecule has 1 heterocycles. The van der Waals surface area contributed by atoms with Gasteiger partial charge in [-0.25, -0.2) is 9.78 Å². The number of nitrogens with one attached hydrogen (secondary N) is 1. The van der Waals surface area contributed by atoms with Gasteiger partial charge < -0.3 is 20.2 Å². The highest BCUT2D eigenvalue weighted by Crippen LogP contribution is 2.27. The number of aromatic nitrogens is 1. The van der Waals surface area contributed by atoms with E-state index in [1.807, 2.05) is 13.8 Å². The lowest BCUT2D eigenvalue weighted by Gasteiger charge is -2.15. The van der Waals surface area contributed by atoms with Crippen LogP contribution < -0.4 is 11.1 Å². The third kappa shape index (κ3) is 3.34. The van der Waals surface area contributed by atoms with Gasteiger partial charge in [-0.2, -0.15) is 0 Å². The molecule has 112 valence electrons. The molecular weight excluding hydrogens is 270 g/mol. The molecule has 3 N–H and O–H groups in total. The molecule has 1 aromatic heterocycles. The smallest absolute Gasteiger partial charge is 0.340 e. The summed E-state index contributed by atoms with van der Waals surface area (Å²) in [5.74, 6) is 0.874. The molecule has 0 saturated heterocycles. The minimum Gasteiger partial charge on any atom is -0.462 e. The zero-order valence-electron chi connectivity index (χ0n) is 12.3. The van der Waals surface area contributed by atoms with Crippen molar-refractivity contribution in [1.29, 1.82) is 0 Å². The number of nitrogens with zero attached hydrogens (tertiary/aromatic N) is 1. The van der Waals surface area contributed by atoms with Crippen LogP contribution >= 0.6 is 0 Å². The summed E-state index contributed by atoms with van der Waals surface area (Å²) in [6.07, 6.45) is 1.66. The van der Waals surface area contributed by atoms with Crippen LogP contribution in [0, 0.1) is 6.92 Å². The third-order valence-electron chi connectivity index (χ3n) is 2.98. The number of esters is 1. The molecule has 2 rings (SSSR count). The fourth-order valence-corrected chi connectivity index (χ4v) is 1.95. The van der Waals surface area contributed by atoms with Crippen LogP contribution in [0.2, 0.25) is 0 Å². The summed E-state index contributed by atoms with van der Waals surface area (Å²) < 4.78 is 10.4. The number of hydrogen-bond donors (Lipinski definition) is 2. The molecule has 1 aromatic carbocycles. The van der Waals surface area contributed by atoms with Gasteiger partial charge in [0.2, 0.25) is 5.89 Å². The molecule has 0 amide bonds. The van der Waals surface area contributed by atoms with Gasteiger partial charge in [-0.3, -0.25) is 0 Å². The highest BCUT2D eigenvalue weighted by Gasteiger charge is 2.16. The van der Waals surface area contributed by atoms with Gasteiger partial charge in [-0.1, -0.05) is 6.07 Å². The average Bonchev–Trinajstić information content (AvgIpc) is 2.88. The number of carbonyl (C=O) groups is 1. The quantitative estimate of drug-likeness (QED) is 0.649. The summed E-state index contributed by atoms with van der Waals surface area (Å²) in [5, 5.41) is 3.19. The maximum atomic E-state index is 11.8. The lowest BCUT2D eigenvalue weighted by Crippen LogP contribution is -2.12. The van der Waals surface area contributed by atoms with E-state index in [4.69, 9.17) is 14.9 Å². The fourth-order valence-electron chi connectivity index (χ4n) is 1.95. The number of carbonyl (C=O) groups excluding carboxylic acids is 1. The summed E-state index contributed by atoms with van der Waals surface area (Å²) in [4.78, 5) is 16.0. The number of nitrogen functional groups attached to an aromatic ring is 1. The van der Waals surface area contributed by atoms with Gasteiger partial charge in [0.25, 0.3) is 0 Å². The van der Waals surface area contributed by atoms with Crippen molar-refractivity contribution in [3.63, 3.8) is 0 Å². The minimum atomic E-state index is -0.432. The molecular formula is C15H19N3O3. The normalized spacial score (nSPS) is 12.0. The molecule has 6 nitrogen and oxygen atoms in total. The number of hydrogen-bond acceptors (Lipinski definition) is 6. The predicted molar refractivity (Wildman–Crippen MR) is 80.1 cm³/mol.